The average Bonchev–Trinajstić information content (AvgIpc) is 3.35. The quantitative estimate of drug-likeness (QED) is 0.664. The number of hydrogen-bond acceptors (Lipinski definition) is 6. The lowest BCUT2D eigenvalue weighted by Gasteiger charge is -2.34. The Hall–Kier alpha value is -2.57. The number of methoxy groups -OCH3 is 1. The summed E-state index contributed by atoms with van der Waals surface area (Å²) in [5, 5.41) is 4.18. The molecular weight excluding hydrogens is 342 g/mol. The minimum Gasteiger partial charge on any atom is -0.496 e. The summed E-state index contributed by atoms with van der Waals surface area (Å²) < 4.78 is 16.3. The summed E-state index contributed by atoms with van der Waals surface area (Å²) in [7, 11) is 1.74. The normalized spacial score (nSPS) is 15.9. The Morgan fingerprint density at radius 3 is 2.48 bits per heavy atom. The molecule has 1 fully saturated rings. The fourth-order valence-corrected chi connectivity index (χ4v) is 3.53. The predicted molar refractivity (Wildman–Crippen MR) is 102 cm³/mol. The first kappa shape index (κ1) is 17.8. The van der Waals surface area contributed by atoms with Crippen molar-refractivity contribution >= 4 is 0 Å². The van der Waals surface area contributed by atoms with E-state index in [1.165, 1.54) is 11.1 Å². The fraction of sp³-hybridized carbons (Fsp3) is 0.381. The summed E-state index contributed by atoms with van der Waals surface area (Å²) in [6.07, 6.45) is 1.64. The van der Waals surface area contributed by atoms with Crippen molar-refractivity contribution in [2.24, 2.45) is 0 Å². The van der Waals surface area contributed by atoms with Crippen molar-refractivity contribution in [1.82, 2.24) is 15.0 Å². The minimum absolute atomic E-state index is 0.681. The Morgan fingerprint density at radius 1 is 1.00 bits per heavy atom. The molecule has 3 aromatic rings. The van der Waals surface area contributed by atoms with Gasteiger partial charge in [-0.2, -0.15) is 0 Å². The van der Waals surface area contributed by atoms with Gasteiger partial charge in [-0.05, 0) is 25.1 Å². The molecule has 0 atom stereocenters. The maximum Gasteiger partial charge on any atom is 0.202 e. The average molecular weight is 367 g/mol. The van der Waals surface area contributed by atoms with Crippen LogP contribution in [-0.2, 0) is 13.1 Å². The lowest BCUT2D eigenvalue weighted by molar-refractivity contribution is 0.119. The van der Waals surface area contributed by atoms with Gasteiger partial charge in [-0.25, -0.2) is 0 Å². The van der Waals surface area contributed by atoms with E-state index >= 15 is 0 Å². The highest BCUT2D eigenvalue weighted by Crippen LogP contribution is 2.23. The molecule has 142 valence electrons. The first-order valence-electron chi connectivity index (χ1n) is 9.29. The number of piperazine rings is 1. The third kappa shape index (κ3) is 4.23. The van der Waals surface area contributed by atoms with Crippen LogP contribution in [-0.4, -0.2) is 48.2 Å². The van der Waals surface area contributed by atoms with Crippen molar-refractivity contribution < 1.29 is 13.7 Å². The molecule has 1 saturated heterocycles. The van der Waals surface area contributed by atoms with Crippen molar-refractivity contribution in [3.8, 4) is 17.3 Å². The zero-order chi connectivity index (χ0) is 18.6. The number of hydrogen-bond donors (Lipinski definition) is 0. The molecule has 6 heteroatoms. The summed E-state index contributed by atoms with van der Waals surface area (Å²) in [5.74, 6) is 2.36. The van der Waals surface area contributed by atoms with Gasteiger partial charge in [-0.15, -0.1) is 0 Å². The second-order valence-electron chi connectivity index (χ2n) is 7.03. The molecule has 2 aromatic heterocycles. The van der Waals surface area contributed by atoms with Gasteiger partial charge in [0.05, 0.1) is 19.1 Å². The van der Waals surface area contributed by atoms with Crippen LogP contribution in [0.25, 0.3) is 11.5 Å². The number of rotatable bonds is 6. The number of aryl methyl sites for hydroxylation is 1. The monoisotopic (exact) mass is 367 g/mol. The molecule has 1 aromatic carbocycles. The lowest BCUT2D eigenvalue weighted by Crippen LogP contribution is -2.45. The van der Waals surface area contributed by atoms with Crippen molar-refractivity contribution in [3.05, 3.63) is 59.5 Å². The Labute approximate surface area is 159 Å². The Bertz CT molecular complexity index is 865. The number of benzene rings is 1. The van der Waals surface area contributed by atoms with Crippen LogP contribution >= 0.6 is 0 Å². The van der Waals surface area contributed by atoms with Gasteiger partial charge in [-0.3, -0.25) is 9.80 Å². The van der Waals surface area contributed by atoms with Gasteiger partial charge in [0.2, 0.25) is 5.76 Å². The van der Waals surface area contributed by atoms with Crippen LogP contribution in [0.4, 0.5) is 0 Å². The smallest absolute Gasteiger partial charge is 0.202 e. The molecule has 0 N–H and O–H groups in total. The summed E-state index contributed by atoms with van der Waals surface area (Å²) in [4.78, 5) is 4.89. The molecule has 0 saturated carbocycles. The highest BCUT2D eigenvalue weighted by atomic mass is 16.5. The molecule has 6 nitrogen and oxygen atoms in total. The van der Waals surface area contributed by atoms with Crippen molar-refractivity contribution in [2.45, 2.75) is 20.0 Å². The van der Waals surface area contributed by atoms with Crippen LogP contribution in [0.3, 0.4) is 0 Å². The van der Waals surface area contributed by atoms with Crippen LogP contribution < -0.4 is 4.74 Å². The molecule has 0 amide bonds. The van der Waals surface area contributed by atoms with Crippen LogP contribution in [0.15, 0.2) is 51.6 Å². The van der Waals surface area contributed by atoms with Gasteiger partial charge in [0.1, 0.15) is 5.75 Å². The van der Waals surface area contributed by atoms with Crippen molar-refractivity contribution in [2.75, 3.05) is 33.3 Å². The summed E-state index contributed by atoms with van der Waals surface area (Å²) in [5.41, 5.74) is 3.46. The van der Waals surface area contributed by atoms with Crippen LogP contribution in [0.5, 0.6) is 5.75 Å². The van der Waals surface area contributed by atoms with Crippen molar-refractivity contribution in [3.63, 3.8) is 0 Å². The zero-order valence-corrected chi connectivity index (χ0v) is 15.9. The lowest BCUT2D eigenvalue weighted by atomic mass is 10.1. The molecule has 1 aliphatic heterocycles. The highest BCUT2D eigenvalue weighted by Gasteiger charge is 2.20. The number of ether oxygens (including phenoxy) is 1. The van der Waals surface area contributed by atoms with E-state index in [0.29, 0.717) is 11.5 Å². The van der Waals surface area contributed by atoms with E-state index in [-0.39, 0.29) is 0 Å². The number of aromatic nitrogens is 1. The van der Waals surface area contributed by atoms with Crippen LogP contribution in [0.1, 0.15) is 16.8 Å². The Kier molecular flexibility index (Phi) is 5.27. The topological polar surface area (TPSA) is 54.9 Å². The molecule has 0 aliphatic carbocycles. The molecule has 0 radical (unpaired) electrons. The molecule has 27 heavy (non-hydrogen) atoms. The van der Waals surface area contributed by atoms with E-state index < -0.39 is 0 Å². The third-order valence-corrected chi connectivity index (χ3v) is 5.00. The number of furan rings is 1. The van der Waals surface area contributed by atoms with Gasteiger partial charge in [0.25, 0.3) is 0 Å². The Balaban J connectivity index is 1.31. The molecule has 1 aliphatic rings. The van der Waals surface area contributed by atoms with E-state index in [1.54, 1.807) is 13.4 Å². The van der Waals surface area contributed by atoms with E-state index in [0.717, 1.165) is 50.7 Å². The van der Waals surface area contributed by atoms with Crippen LogP contribution in [0, 0.1) is 6.92 Å². The maximum absolute atomic E-state index is 5.51. The standard InChI is InChI=1S/C21H25N3O3/c1-16-5-6-19(25-2)17(12-16)14-23-7-9-24(10-8-23)15-18-13-21(27-22-18)20-4-3-11-26-20/h3-6,11-13H,7-10,14-15H2,1-2H3. The van der Waals surface area contributed by atoms with E-state index in [2.05, 4.69) is 40.1 Å². The molecule has 0 bridgehead atoms. The first-order valence-corrected chi connectivity index (χ1v) is 9.29. The van der Waals surface area contributed by atoms with E-state index in [4.69, 9.17) is 13.7 Å². The third-order valence-electron chi connectivity index (χ3n) is 5.00. The molecule has 0 spiro atoms. The van der Waals surface area contributed by atoms with Gasteiger partial charge in [0.15, 0.2) is 5.76 Å². The zero-order valence-electron chi connectivity index (χ0n) is 15.9. The largest absolute Gasteiger partial charge is 0.496 e. The van der Waals surface area contributed by atoms with Gasteiger partial charge in [-0.1, -0.05) is 22.9 Å². The second kappa shape index (κ2) is 7.98. The van der Waals surface area contributed by atoms with E-state index in [1.807, 2.05) is 18.2 Å². The molecule has 4 rings (SSSR count). The first-order chi connectivity index (χ1) is 13.2. The van der Waals surface area contributed by atoms with Crippen LogP contribution in [0.2, 0.25) is 0 Å². The minimum atomic E-state index is 0.681. The van der Waals surface area contributed by atoms with Gasteiger partial charge >= 0.3 is 0 Å². The molecular formula is C21H25N3O3. The van der Waals surface area contributed by atoms with E-state index in [9.17, 15) is 0 Å². The predicted octanol–water partition coefficient (Wildman–Crippen LogP) is 3.57. The summed E-state index contributed by atoms with van der Waals surface area (Å²) >= 11 is 0. The van der Waals surface area contributed by atoms with Gasteiger partial charge in [0, 0.05) is 50.9 Å². The summed E-state index contributed by atoms with van der Waals surface area (Å²) in [6.45, 7) is 7.92. The SMILES string of the molecule is COc1ccc(C)cc1CN1CCN(Cc2cc(-c3ccco3)on2)CC1. The number of nitrogens with zero attached hydrogens (tertiary/aromatic N) is 3. The van der Waals surface area contributed by atoms with Gasteiger partial charge < -0.3 is 13.7 Å². The van der Waals surface area contributed by atoms with Crippen molar-refractivity contribution in [1.29, 1.82) is 0 Å². The fourth-order valence-electron chi connectivity index (χ4n) is 3.53. The second-order valence-corrected chi connectivity index (χ2v) is 7.03. The highest BCUT2D eigenvalue weighted by molar-refractivity contribution is 5.49. The molecule has 0 unspecified atom stereocenters. The molecule has 3 heterocycles. The maximum atomic E-state index is 5.51. The summed E-state index contributed by atoms with van der Waals surface area (Å²) in [6, 6.07) is 12.1. The Morgan fingerprint density at radius 2 is 1.78 bits per heavy atom.